The van der Waals surface area contributed by atoms with E-state index in [1.54, 1.807) is 12.1 Å². The van der Waals surface area contributed by atoms with Gasteiger partial charge in [0.15, 0.2) is 11.5 Å². The predicted molar refractivity (Wildman–Crippen MR) is 84.8 cm³/mol. The van der Waals surface area contributed by atoms with E-state index in [1.165, 1.54) is 12.4 Å². The molecule has 1 N–H and O–H groups in total. The molecule has 0 bridgehead atoms. The molecule has 3 aromatic rings. The Morgan fingerprint density at radius 1 is 1.18 bits per heavy atom. The van der Waals surface area contributed by atoms with Gasteiger partial charge in [0.05, 0.1) is 11.2 Å². The Balaban J connectivity index is 1.86. The number of aromatic hydroxyl groups is 1. The third-order valence-corrected chi connectivity index (χ3v) is 3.19. The van der Waals surface area contributed by atoms with Crippen LogP contribution in [-0.4, -0.2) is 21.3 Å². The van der Waals surface area contributed by atoms with Gasteiger partial charge in [0.1, 0.15) is 0 Å². The molecule has 1 aromatic carbocycles. The monoisotopic (exact) mass is 313 g/mol. The number of benzene rings is 1. The molecular formula is C16H12ClN3O2. The summed E-state index contributed by atoms with van der Waals surface area (Å²) in [6.45, 7) is 1.99. The van der Waals surface area contributed by atoms with Gasteiger partial charge >= 0.3 is 5.95 Å². The summed E-state index contributed by atoms with van der Waals surface area (Å²) in [5, 5.41) is 10.3. The molecule has 2 aromatic heterocycles. The summed E-state index contributed by atoms with van der Waals surface area (Å²) < 4.78 is 5.26. The van der Waals surface area contributed by atoms with Crippen LogP contribution in [0.5, 0.6) is 5.95 Å². The van der Waals surface area contributed by atoms with Crippen molar-refractivity contribution >= 4 is 23.6 Å². The topological polar surface area (TPSA) is 71.5 Å². The van der Waals surface area contributed by atoms with E-state index in [-0.39, 0.29) is 11.6 Å². The number of rotatable bonds is 3. The zero-order valence-electron chi connectivity index (χ0n) is 11.7. The van der Waals surface area contributed by atoms with Crippen molar-refractivity contribution in [1.29, 1.82) is 0 Å². The molecule has 110 valence electrons. The van der Waals surface area contributed by atoms with Crippen LogP contribution in [-0.2, 0) is 0 Å². The highest BCUT2D eigenvalue weighted by Gasteiger charge is 2.12. The first-order chi connectivity index (χ1) is 10.6. The Bertz CT molecular complexity index is 808. The molecule has 0 saturated carbocycles. The van der Waals surface area contributed by atoms with Crippen LogP contribution in [0.2, 0.25) is 5.02 Å². The van der Waals surface area contributed by atoms with Crippen LogP contribution >= 0.6 is 11.6 Å². The zero-order valence-corrected chi connectivity index (χ0v) is 12.4. The minimum atomic E-state index is -0.284. The molecule has 0 unspecified atom stereocenters. The predicted octanol–water partition coefficient (Wildman–Crippen LogP) is 4.15. The zero-order chi connectivity index (χ0) is 15.5. The highest BCUT2D eigenvalue weighted by molar-refractivity contribution is 6.30. The van der Waals surface area contributed by atoms with E-state index in [0.717, 1.165) is 11.1 Å². The lowest BCUT2D eigenvalue weighted by Gasteiger charge is -1.95. The van der Waals surface area contributed by atoms with Gasteiger partial charge in [0, 0.05) is 11.8 Å². The molecule has 0 spiro atoms. The molecular weight excluding hydrogens is 302 g/mol. The number of nitrogens with zero attached hydrogens (tertiary/aromatic N) is 3. The molecule has 0 aliphatic heterocycles. The quantitative estimate of drug-likeness (QED) is 0.737. The average molecular weight is 314 g/mol. The Kier molecular flexibility index (Phi) is 3.89. The first-order valence-electron chi connectivity index (χ1n) is 6.54. The van der Waals surface area contributed by atoms with Gasteiger partial charge in [-0.2, -0.15) is 0 Å². The largest absolute Gasteiger partial charge is 0.479 e. The summed E-state index contributed by atoms with van der Waals surface area (Å²) in [5.41, 5.74) is 2.16. The summed E-state index contributed by atoms with van der Waals surface area (Å²) in [7, 11) is 0. The maximum Gasteiger partial charge on any atom is 0.312 e. The highest BCUT2D eigenvalue weighted by Crippen LogP contribution is 2.26. The van der Waals surface area contributed by atoms with Gasteiger partial charge < -0.3 is 9.52 Å². The third kappa shape index (κ3) is 3.15. The van der Waals surface area contributed by atoms with Crippen LogP contribution < -0.4 is 0 Å². The van der Waals surface area contributed by atoms with Gasteiger partial charge in [0.25, 0.3) is 0 Å². The molecule has 0 radical (unpaired) electrons. The van der Waals surface area contributed by atoms with Gasteiger partial charge in [-0.15, -0.1) is 0 Å². The van der Waals surface area contributed by atoms with Gasteiger partial charge in [0.2, 0.25) is 5.89 Å². The number of pyridine rings is 1. The number of halogens is 1. The average Bonchev–Trinajstić information content (AvgIpc) is 2.88. The summed E-state index contributed by atoms with van der Waals surface area (Å²) in [6, 6.07) is 11.0. The molecule has 0 aliphatic carbocycles. The van der Waals surface area contributed by atoms with E-state index in [9.17, 15) is 5.11 Å². The minimum absolute atomic E-state index is 0.243. The van der Waals surface area contributed by atoms with Crippen LogP contribution in [0.15, 0.2) is 52.0 Å². The first kappa shape index (κ1) is 14.3. The Morgan fingerprint density at radius 3 is 2.64 bits per heavy atom. The van der Waals surface area contributed by atoms with Crippen molar-refractivity contribution in [3.05, 3.63) is 58.9 Å². The van der Waals surface area contributed by atoms with Crippen LogP contribution in [0, 0.1) is 6.92 Å². The van der Waals surface area contributed by atoms with E-state index in [1.807, 2.05) is 31.2 Å². The van der Waals surface area contributed by atoms with Crippen molar-refractivity contribution < 1.29 is 9.52 Å². The molecule has 0 fully saturated rings. The van der Waals surface area contributed by atoms with Crippen molar-refractivity contribution in [1.82, 2.24) is 9.97 Å². The molecule has 22 heavy (non-hydrogen) atoms. The normalized spacial score (nSPS) is 11.2. The fourth-order valence-electron chi connectivity index (χ4n) is 1.80. The minimum Gasteiger partial charge on any atom is -0.479 e. The molecule has 0 aliphatic rings. The maximum absolute atomic E-state index is 9.81. The van der Waals surface area contributed by atoms with E-state index in [4.69, 9.17) is 16.0 Å². The van der Waals surface area contributed by atoms with Gasteiger partial charge in [-0.25, -0.2) is 15.0 Å². The Labute approximate surface area is 132 Å². The Hall–Kier alpha value is -2.66. The van der Waals surface area contributed by atoms with Crippen LogP contribution in [0.1, 0.15) is 11.3 Å². The van der Waals surface area contributed by atoms with Crippen molar-refractivity contribution in [3.63, 3.8) is 0 Å². The second-order valence-electron chi connectivity index (χ2n) is 4.67. The van der Waals surface area contributed by atoms with Crippen LogP contribution in [0.4, 0.5) is 5.82 Å². The number of hydrogen-bond acceptors (Lipinski definition) is 5. The molecule has 0 amide bonds. The number of oxazole rings is 1. The number of aryl methyl sites for hydroxylation is 1. The smallest absolute Gasteiger partial charge is 0.312 e. The summed E-state index contributed by atoms with van der Waals surface area (Å²) >= 11 is 5.75. The standard InChI is InChI=1S/C16H12ClN3O2/c1-10-2-4-11(5-3-10)15-20-13(16(21)22-15)9-19-14-7-6-12(17)8-18-14/h2-9,21H,1H3. The lowest BCUT2D eigenvalue weighted by Crippen LogP contribution is -1.83. The van der Waals surface area contributed by atoms with Gasteiger partial charge in [-0.3, -0.25) is 0 Å². The van der Waals surface area contributed by atoms with Crippen LogP contribution in [0.3, 0.4) is 0 Å². The summed E-state index contributed by atoms with van der Waals surface area (Å²) in [5.74, 6) is 0.514. The second-order valence-corrected chi connectivity index (χ2v) is 5.10. The highest BCUT2D eigenvalue weighted by atomic mass is 35.5. The SMILES string of the molecule is Cc1ccc(-c2nc(C=Nc3ccc(Cl)cn3)c(O)o2)cc1. The molecule has 0 atom stereocenters. The number of hydrogen-bond donors (Lipinski definition) is 1. The van der Waals surface area contributed by atoms with Gasteiger partial charge in [-0.05, 0) is 31.2 Å². The second kappa shape index (κ2) is 5.99. The summed E-state index contributed by atoms with van der Waals surface area (Å²) in [6.07, 6.45) is 2.89. The van der Waals surface area contributed by atoms with E-state index >= 15 is 0 Å². The van der Waals surface area contributed by atoms with Crippen molar-refractivity contribution in [2.45, 2.75) is 6.92 Å². The number of aliphatic imine (C=N–C) groups is 1. The van der Waals surface area contributed by atoms with E-state index in [2.05, 4.69) is 15.0 Å². The first-order valence-corrected chi connectivity index (χ1v) is 6.92. The summed E-state index contributed by atoms with van der Waals surface area (Å²) in [4.78, 5) is 12.4. The van der Waals surface area contributed by atoms with Crippen LogP contribution in [0.25, 0.3) is 11.5 Å². The molecule has 0 saturated heterocycles. The maximum atomic E-state index is 9.81. The Morgan fingerprint density at radius 2 is 1.95 bits per heavy atom. The fourth-order valence-corrected chi connectivity index (χ4v) is 1.91. The molecule has 3 rings (SSSR count). The molecule has 5 nitrogen and oxygen atoms in total. The van der Waals surface area contributed by atoms with Crippen molar-refractivity contribution in [2.24, 2.45) is 4.99 Å². The van der Waals surface area contributed by atoms with Crippen molar-refractivity contribution in [2.75, 3.05) is 0 Å². The fraction of sp³-hybridized carbons (Fsp3) is 0.0625. The van der Waals surface area contributed by atoms with E-state index in [0.29, 0.717) is 16.7 Å². The number of aromatic nitrogens is 2. The van der Waals surface area contributed by atoms with E-state index < -0.39 is 0 Å². The van der Waals surface area contributed by atoms with Crippen molar-refractivity contribution in [3.8, 4) is 17.4 Å². The molecule has 2 heterocycles. The third-order valence-electron chi connectivity index (χ3n) is 2.96. The lowest BCUT2D eigenvalue weighted by molar-refractivity contribution is 0.337. The lowest BCUT2D eigenvalue weighted by atomic mass is 10.1. The molecule has 6 heteroatoms. The van der Waals surface area contributed by atoms with Gasteiger partial charge in [-0.1, -0.05) is 29.3 Å².